The first-order chi connectivity index (χ1) is 5.63. The average molecular weight is 167 g/mol. The average Bonchev–Trinajstić information content (AvgIpc) is 2.04. The van der Waals surface area contributed by atoms with Gasteiger partial charge in [-0.05, 0) is 12.5 Å². The van der Waals surface area contributed by atoms with Crippen molar-refractivity contribution in [1.82, 2.24) is 9.97 Å². The first kappa shape index (κ1) is 8.61. The van der Waals surface area contributed by atoms with E-state index in [9.17, 15) is 4.79 Å². The molecule has 3 N–H and O–H groups in total. The molecule has 0 aliphatic heterocycles. The van der Waals surface area contributed by atoms with Crippen molar-refractivity contribution >= 4 is 5.97 Å². The quantitative estimate of drug-likeness (QED) is 0.640. The molecular weight excluding hydrogens is 158 g/mol. The van der Waals surface area contributed by atoms with Crippen molar-refractivity contribution in [3.05, 3.63) is 23.8 Å². The molecule has 0 bridgehead atoms. The third kappa shape index (κ3) is 1.57. The van der Waals surface area contributed by atoms with Crippen LogP contribution in [-0.4, -0.2) is 21.0 Å². The minimum atomic E-state index is -1.09. The fourth-order valence-electron chi connectivity index (χ4n) is 0.851. The molecule has 1 heterocycles. The summed E-state index contributed by atoms with van der Waals surface area (Å²) in [5.74, 6) is -1.09. The van der Waals surface area contributed by atoms with Crippen molar-refractivity contribution in [2.75, 3.05) is 0 Å². The lowest BCUT2D eigenvalue weighted by Crippen LogP contribution is -2.22. The molecule has 0 fully saturated rings. The summed E-state index contributed by atoms with van der Waals surface area (Å²) in [5, 5.41) is 8.57. The van der Waals surface area contributed by atoms with E-state index in [0.717, 1.165) is 0 Å². The van der Waals surface area contributed by atoms with Gasteiger partial charge < -0.3 is 10.8 Å². The number of nitrogens with two attached hydrogens (primary N) is 1. The van der Waals surface area contributed by atoms with Crippen LogP contribution in [0.2, 0.25) is 0 Å². The molecule has 1 rings (SSSR count). The van der Waals surface area contributed by atoms with Gasteiger partial charge in [0, 0.05) is 6.20 Å². The molecule has 0 aliphatic rings. The van der Waals surface area contributed by atoms with E-state index in [0.29, 0.717) is 11.3 Å². The lowest BCUT2D eigenvalue weighted by molar-refractivity contribution is -0.138. The summed E-state index contributed by atoms with van der Waals surface area (Å²) in [6.07, 6.45) is 2.82. The zero-order valence-electron chi connectivity index (χ0n) is 6.56. The van der Waals surface area contributed by atoms with Crippen molar-refractivity contribution < 1.29 is 9.90 Å². The van der Waals surface area contributed by atoms with E-state index in [4.69, 9.17) is 10.8 Å². The van der Waals surface area contributed by atoms with Crippen LogP contribution in [-0.2, 0) is 4.79 Å². The van der Waals surface area contributed by atoms with Gasteiger partial charge in [-0.2, -0.15) is 0 Å². The van der Waals surface area contributed by atoms with Crippen LogP contribution in [0.4, 0.5) is 0 Å². The smallest absolute Gasteiger partial charge is 0.326 e. The summed E-state index contributed by atoms with van der Waals surface area (Å²) in [6.45, 7) is 1.72. The van der Waals surface area contributed by atoms with Gasteiger partial charge in [0.05, 0.1) is 5.69 Å². The van der Waals surface area contributed by atoms with E-state index < -0.39 is 12.0 Å². The normalized spacial score (nSPS) is 12.5. The fraction of sp³-hybridized carbons (Fsp3) is 0.286. The molecule has 1 unspecified atom stereocenters. The second kappa shape index (κ2) is 3.27. The van der Waals surface area contributed by atoms with E-state index in [1.807, 2.05) is 0 Å². The lowest BCUT2D eigenvalue weighted by Gasteiger charge is -2.06. The van der Waals surface area contributed by atoms with E-state index in [1.165, 1.54) is 12.5 Å². The Bertz CT molecular complexity index is 300. The number of aryl methyl sites for hydroxylation is 1. The van der Waals surface area contributed by atoms with Crippen LogP contribution >= 0.6 is 0 Å². The lowest BCUT2D eigenvalue weighted by atomic mass is 10.1. The number of aliphatic carboxylic acids is 1. The van der Waals surface area contributed by atoms with E-state index in [-0.39, 0.29) is 0 Å². The molecule has 0 saturated heterocycles. The molecule has 1 atom stereocenters. The van der Waals surface area contributed by atoms with Gasteiger partial charge in [0.2, 0.25) is 0 Å². The van der Waals surface area contributed by atoms with Gasteiger partial charge in [-0.25, -0.2) is 9.97 Å². The Hall–Kier alpha value is -1.49. The number of hydrogen-bond acceptors (Lipinski definition) is 4. The molecular formula is C7H9N3O2. The molecule has 5 nitrogen and oxygen atoms in total. The van der Waals surface area contributed by atoms with Crippen molar-refractivity contribution in [2.24, 2.45) is 5.73 Å². The third-order valence-corrected chi connectivity index (χ3v) is 1.50. The summed E-state index contributed by atoms with van der Waals surface area (Å²) in [4.78, 5) is 18.0. The first-order valence-corrected chi connectivity index (χ1v) is 3.38. The monoisotopic (exact) mass is 167 g/mol. The zero-order valence-corrected chi connectivity index (χ0v) is 6.56. The molecule has 0 aliphatic carbocycles. The minimum absolute atomic E-state index is 0.359. The highest BCUT2D eigenvalue weighted by Crippen LogP contribution is 2.10. The Labute approximate surface area is 69.3 Å². The highest BCUT2D eigenvalue weighted by Gasteiger charge is 2.17. The Morgan fingerprint density at radius 3 is 2.92 bits per heavy atom. The van der Waals surface area contributed by atoms with Crippen LogP contribution in [0.25, 0.3) is 0 Å². The molecule has 0 aromatic carbocycles. The highest BCUT2D eigenvalue weighted by atomic mass is 16.4. The van der Waals surface area contributed by atoms with Gasteiger partial charge in [-0.15, -0.1) is 0 Å². The maximum absolute atomic E-state index is 10.5. The molecule has 0 spiro atoms. The van der Waals surface area contributed by atoms with E-state index in [2.05, 4.69) is 9.97 Å². The van der Waals surface area contributed by atoms with Crippen LogP contribution in [0.1, 0.15) is 17.3 Å². The third-order valence-electron chi connectivity index (χ3n) is 1.50. The van der Waals surface area contributed by atoms with Crippen molar-refractivity contribution in [3.8, 4) is 0 Å². The van der Waals surface area contributed by atoms with Crippen LogP contribution in [0, 0.1) is 6.92 Å². The van der Waals surface area contributed by atoms with Crippen molar-refractivity contribution in [2.45, 2.75) is 13.0 Å². The predicted octanol–water partition coefficient (Wildman–Crippen LogP) is -0.131. The number of carboxylic acid groups (broad SMARTS) is 1. The largest absolute Gasteiger partial charge is 0.480 e. The predicted molar refractivity (Wildman–Crippen MR) is 41.3 cm³/mol. The summed E-state index contributed by atoms with van der Waals surface area (Å²) >= 11 is 0. The van der Waals surface area contributed by atoms with Gasteiger partial charge in [-0.1, -0.05) is 0 Å². The second-order valence-electron chi connectivity index (χ2n) is 2.41. The second-order valence-corrected chi connectivity index (χ2v) is 2.41. The van der Waals surface area contributed by atoms with Gasteiger partial charge >= 0.3 is 5.97 Å². The molecule has 12 heavy (non-hydrogen) atoms. The number of carboxylic acids is 1. The van der Waals surface area contributed by atoms with Gasteiger partial charge in [0.1, 0.15) is 12.4 Å². The summed E-state index contributed by atoms with van der Waals surface area (Å²) in [7, 11) is 0. The molecule has 0 radical (unpaired) electrons. The van der Waals surface area contributed by atoms with Crippen molar-refractivity contribution in [1.29, 1.82) is 0 Å². The van der Waals surface area contributed by atoms with Gasteiger partial charge in [0.15, 0.2) is 0 Å². The SMILES string of the molecule is Cc1cncnc1C(N)C(=O)O. The summed E-state index contributed by atoms with van der Waals surface area (Å²) < 4.78 is 0. The number of rotatable bonds is 2. The van der Waals surface area contributed by atoms with Crippen molar-refractivity contribution in [3.63, 3.8) is 0 Å². The summed E-state index contributed by atoms with van der Waals surface area (Å²) in [6, 6.07) is -1.06. The van der Waals surface area contributed by atoms with Crippen LogP contribution < -0.4 is 5.73 Å². The Kier molecular flexibility index (Phi) is 2.35. The Morgan fingerprint density at radius 2 is 2.42 bits per heavy atom. The van der Waals surface area contributed by atoms with Crippen LogP contribution in [0.5, 0.6) is 0 Å². The maximum atomic E-state index is 10.5. The molecule has 5 heteroatoms. The fourth-order valence-corrected chi connectivity index (χ4v) is 0.851. The molecule has 0 amide bonds. The first-order valence-electron chi connectivity index (χ1n) is 3.38. The zero-order chi connectivity index (χ0) is 9.14. The molecule has 1 aromatic heterocycles. The van der Waals surface area contributed by atoms with Crippen LogP contribution in [0.3, 0.4) is 0 Å². The van der Waals surface area contributed by atoms with Gasteiger partial charge in [-0.3, -0.25) is 4.79 Å². The van der Waals surface area contributed by atoms with E-state index >= 15 is 0 Å². The molecule has 64 valence electrons. The Morgan fingerprint density at radius 1 is 1.75 bits per heavy atom. The Balaban J connectivity index is 3.02. The molecule has 0 saturated carbocycles. The minimum Gasteiger partial charge on any atom is -0.480 e. The molecule has 1 aromatic rings. The standard InChI is InChI=1S/C7H9N3O2/c1-4-2-9-3-10-6(4)5(8)7(11)12/h2-3,5H,8H2,1H3,(H,11,12). The number of carbonyl (C=O) groups is 1. The number of aromatic nitrogens is 2. The highest BCUT2D eigenvalue weighted by molar-refractivity contribution is 5.74. The van der Waals surface area contributed by atoms with E-state index in [1.54, 1.807) is 6.92 Å². The van der Waals surface area contributed by atoms with Gasteiger partial charge in [0.25, 0.3) is 0 Å². The topological polar surface area (TPSA) is 89.1 Å². The maximum Gasteiger partial charge on any atom is 0.326 e. The number of hydrogen-bond donors (Lipinski definition) is 2. The number of nitrogens with zero attached hydrogens (tertiary/aromatic N) is 2. The summed E-state index contributed by atoms with van der Waals surface area (Å²) in [5.41, 5.74) is 6.40. The van der Waals surface area contributed by atoms with Crippen LogP contribution in [0.15, 0.2) is 12.5 Å².